The Hall–Kier alpha value is -2.50. The number of nitrogen functional groups attached to an aromatic ring is 1. The maximum absolute atomic E-state index is 13.2. The van der Waals surface area contributed by atoms with E-state index >= 15 is 0 Å². The topological polar surface area (TPSA) is 83.5 Å². The van der Waals surface area contributed by atoms with Crippen LogP contribution in [0.25, 0.3) is 10.9 Å². The average molecular weight is 403 g/mol. The van der Waals surface area contributed by atoms with E-state index in [9.17, 15) is 9.59 Å². The Morgan fingerprint density at radius 1 is 1.00 bits per heavy atom. The summed E-state index contributed by atoms with van der Waals surface area (Å²) in [7, 11) is 0. The summed E-state index contributed by atoms with van der Waals surface area (Å²) in [5.41, 5.74) is 6.94. The monoisotopic (exact) mass is 402 g/mol. The first-order valence-corrected chi connectivity index (χ1v) is 10.8. The van der Waals surface area contributed by atoms with Crippen molar-refractivity contribution in [2.24, 2.45) is 0 Å². The number of anilines is 1. The van der Waals surface area contributed by atoms with E-state index in [0.29, 0.717) is 30.1 Å². The standard InChI is InChI=1S/C23H34N2O4/c1-4-6-8-9-10-11-14-25-20-16-18(24)12-13-19(20)21(28-15-7-5-2)22(23(25)27)29-17(3)26/h12-13,16H,4-11,14-15,24H2,1-3H3. The van der Waals surface area contributed by atoms with Crippen molar-refractivity contribution in [1.82, 2.24) is 4.57 Å². The number of unbranched alkanes of at least 4 members (excludes halogenated alkanes) is 6. The van der Waals surface area contributed by atoms with Crippen molar-refractivity contribution in [3.63, 3.8) is 0 Å². The highest BCUT2D eigenvalue weighted by molar-refractivity contribution is 5.90. The molecule has 1 aromatic heterocycles. The van der Waals surface area contributed by atoms with Crippen molar-refractivity contribution in [3.8, 4) is 11.5 Å². The molecule has 2 rings (SSSR count). The molecule has 2 N–H and O–H groups in total. The predicted octanol–water partition coefficient (Wildman–Crippen LogP) is 5.05. The van der Waals surface area contributed by atoms with Crippen molar-refractivity contribution in [2.75, 3.05) is 12.3 Å². The molecular weight excluding hydrogens is 368 g/mol. The van der Waals surface area contributed by atoms with Crippen LogP contribution in [0.15, 0.2) is 23.0 Å². The van der Waals surface area contributed by atoms with Crippen molar-refractivity contribution in [3.05, 3.63) is 28.6 Å². The number of carbonyl (C=O) groups excluding carboxylic acids is 1. The first-order valence-electron chi connectivity index (χ1n) is 10.8. The van der Waals surface area contributed by atoms with Crippen LogP contribution in [-0.4, -0.2) is 17.1 Å². The molecule has 0 atom stereocenters. The van der Waals surface area contributed by atoms with E-state index in [2.05, 4.69) is 13.8 Å². The fourth-order valence-electron chi connectivity index (χ4n) is 3.38. The Kier molecular flexibility index (Phi) is 9.03. The normalized spacial score (nSPS) is 11.0. The summed E-state index contributed by atoms with van der Waals surface area (Å²) < 4.78 is 12.9. The Morgan fingerprint density at radius 3 is 2.38 bits per heavy atom. The lowest BCUT2D eigenvalue weighted by Gasteiger charge is -2.18. The fourth-order valence-corrected chi connectivity index (χ4v) is 3.38. The van der Waals surface area contributed by atoms with Gasteiger partial charge in [0.1, 0.15) is 0 Å². The van der Waals surface area contributed by atoms with E-state index in [4.69, 9.17) is 15.2 Å². The number of rotatable bonds is 12. The van der Waals surface area contributed by atoms with E-state index < -0.39 is 5.97 Å². The van der Waals surface area contributed by atoms with Crippen LogP contribution in [0.5, 0.6) is 11.5 Å². The Morgan fingerprint density at radius 2 is 1.69 bits per heavy atom. The molecule has 29 heavy (non-hydrogen) atoms. The Labute approximate surface area is 173 Å². The van der Waals surface area contributed by atoms with Crippen LogP contribution < -0.4 is 20.8 Å². The SMILES string of the molecule is CCCCCCCCn1c(=O)c(OC(C)=O)c(OCCCC)c2ccc(N)cc21. The van der Waals surface area contributed by atoms with Gasteiger partial charge in [-0.1, -0.05) is 52.4 Å². The summed E-state index contributed by atoms with van der Waals surface area (Å²) in [5.74, 6) is -0.243. The van der Waals surface area contributed by atoms with Gasteiger partial charge in [0, 0.05) is 24.5 Å². The van der Waals surface area contributed by atoms with Gasteiger partial charge < -0.3 is 19.8 Å². The number of nitrogens with two attached hydrogens (primary N) is 1. The maximum Gasteiger partial charge on any atom is 0.308 e. The number of fused-ring (bicyclic) bond motifs is 1. The maximum atomic E-state index is 13.2. The van der Waals surface area contributed by atoms with E-state index in [-0.39, 0.29) is 11.3 Å². The van der Waals surface area contributed by atoms with Crippen LogP contribution in [0.3, 0.4) is 0 Å². The number of pyridine rings is 1. The molecule has 2 aromatic rings. The summed E-state index contributed by atoms with van der Waals surface area (Å²) in [4.78, 5) is 24.9. The summed E-state index contributed by atoms with van der Waals surface area (Å²) in [6.07, 6.45) is 8.53. The molecular formula is C23H34N2O4. The zero-order valence-corrected chi connectivity index (χ0v) is 18.0. The summed E-state index contributed by atoms with van der Waals surface area (Å²) in [6, 6.07) is 5.39. The van der Waals surface area contributed by atoms with Gasteiger partial charge in [-0.25, -0.2) is 0 Å². The molecule has 0 amide bonds. The van der Waals surface area contributed by atoms with E-state index in [0.717, 1.165) is 37.5 Å². The van der Waals surface area contributed by atoms with Crippen molar-refractivity contribution in [1.29, 1.82) is 0 Å². The lowest BCUT2D eigenvalue weighted by atomic mass is 10.1. The van der Waals surface area contributed by atoms with Crippen LogP contribution in [0.2, 0.25) is 0 Å². The Bertz CT molecular complexity index is 873. The summed E-state index contributed by atoms with van der Waals surface area (Å²) in [5, 5.41) is 0.733. The smallest absolute Gasteiger partial charge is 0.308 e. The third-order valence-electron chi connectivity index (χ3n) is 4.93. The molecule has 0 aliphatic heterocycles. The molecule has 0 unspecified atom stereocenters. The fraction of sp³-hybridized carbons (Fsp3) is 0.565. The minimum absolute atomic E-state index is 0.0307. The molecule has 1 heterocycles. The Balaban J connectivity index is 2.44. The number of ether oxygens (including phenoxy) is 2. The second-order valence-corrected chi connectivity index (χ2v) is 7.46. The molecule has 0 fully saturated rings. The van der Waals surface area contributed by atoms with Gasteiger partial charge in [0.05, 0.1) is 12.1 Å². The van der Waals surface area contributed by atoms with Gasteiger partial charge in [-0.2, -0.15) is 0 Å². The highest BCUT2D eigenvalue weighted by Crippen LogP contribution is 2.34. The second kappa shape index (κ2) is 11.5. The summed E-state index contributed by atoms with van der Waals surface area (Å²) in [6.45, 7) is 6.55. The molecule has 0 saturated carbocycles. The molecule has 0 aliphatic carbocycles. The molecule has 0 radical (unpaired) electrons. The van der Waals surface area contributed by atoms with Crippen LogP contribution in [0, 0.1) is 0 Å². The number of esters is 1. The van der Waals surface area contributed by atoms with Gasteiger partial charge in [-0.05, 0) is 31.0 Å². The quantitative estimate of drug-likeness (QED) is 0.305. The highest BCUT2D eigenvalue weighted by atomic mass is 16.6. The van der Waals surface area contributed by atoms with Gasteiger partial charge in [0.2, 0.25) is 5.75 Å². The van der Waals surface area contributed by atoms with Crippen LogP contribution >= 0.6 is 0 Å². The van der Waals surface area contributed by atoms with Crippen LogP contribution in [0.1, 0.15) is 72.1 Å². The van der Waals surface area contributed by atoms with E-state index in [1.54, 1.807) is 16.7 Å². The minimum atomic E-state index is -0.539. The number of nitrogens with zero attached hydrogens (tertiary/aromatic N) is 1. The number of aromatic nitrogens is 1. The third kappa shape index (κ3) is 6.24. The first-order chi connectivity index (χ1) is 14.0. The number of hydrogen-bond acceptors (Lipinski definition) is 5. The lowest BCUT2D eigenvalue weighted by Crippen LogP contribution is -2.25. The zero-order valence-electron chi connectivity index (χ0n) is 18.0. The molecule has 1 aromatic carbocycles. The largest absolute Gasteiger partial charge is 0.489 e. The minimum Gasteiger partial charge on any atom is -0.489 e. The highest BCUT2D eigenvalue weighted by Gasteiger charge is 2.21. The molecule has 0 saturated heterocycles. The van der Waals surface area contributed by atoms with Gasteiger partial charge in [-0.3, -0.25) is 9.59 Å². The van der Waals surface area contributed by atoms with Gasteiger partial charge in [0.15, 0.2) is 5.75 Å². The van der Waals surface area contributed by atoms with Gasteiger partial charge in [-0.15, -0.1) is 0 Å². The van der Waals surface area contributed by atoms with E-state index in [1.807, 2.05) is 6.07 Å². The number of benzene rings is 1. The van der Waals surface area contributed by atoms with Gasteiger partial charge in [0.25, 0.3) is 5.56 Å². The molecule has 0 bridgehead atoms. The van der Waals surface area contributed by atoms with Crippen molar-refractivity contribution >= 4 is 22.6 Å². The van der Waals surface area contributed by atoms with Crippen molar-refractivity contribution < 1.29 is 14.3 Å². The van der Waals surface area contributed by atoms with Gasteiger partial charge >= 0.3 is 5.97 Å². The molecule has 6 nitrogen and oxygen atoms in total. The average Bonchev–Trinajstić information content (AvgIpc) is 2.68. The number of carbonyl (C=O) groups is 1. The van der Waals surface area contributed by atoms with Crippen molar-refractivity contribution in [2.45, 2.75) is 78.7 Å². The second-order valence-electron chi connectivity index (χ2n) is 7.46. The third-order valence-corrected chi connectivity index (χ3v) is 4.93. The predicted molar refractivity (Wildman–Crippen MR) is 118 cm³/mol. The first kappa shape index (κ1) is 22.8. The van der Waals surface area contributed by atoms with E-state index in [1.165, 1.54) is 26.2 Å². The molecule has 0 aliphatic rings. The van der Waals surface area contributed by atoms with Crippen LogP contribution in [-0.2, 0) is 11.3 Å². The number of aryl methyl sites for hydroxylation is 1. The lowest BCUT2D eigenvalue weighted by molar-refractivity contribution is -0.132. The molecule has 6 heteroatoms. The zero-order chi connectivity index (χ0) is 21.2. The molecule has 160 valence electrons. The number of hydrogen-bond donors (Lipinski definition) is 1. The molecule has 0 spiro atoms. The summed E-state index contributed by atoms with van der Waals surface area (Å²) >= 11 is 0. The van der Waals surface area contributed by atoms with Crippen LogP contribution in [0.4, 0.5) is 5.69 Å².